The summed E-state index contributed by atoms with van der Waals surface area (Å²) in [7, 11) is 0. The van der Waals surface area contributed by atoms with Crippen molar-refractivity contribution in [1.82, 2.24) is 20.2 Å². The summed E-state index contributed by atoms with van der Waals surface area (Å²) in [6.45, 7) is 3.16. The predicted molar refractivity (Wildman–Crippen MR) is 82.4 cm³/mol. The summed E-state index contributed by atoms with van der Waals surface area (Å²) in [5, 5.41) is 7.83. The molecule has 0 bridgehead atoms. The minimum absolute atomic E-state index is 0.262. The lowest BCUT2D eigenvalue weighted by molar-refractivity contribution is 0.561. The molecule has 0 radical (unpaired) electrons. The number of nitrogen functional groups attached to an aromatic ring is 1. The fourth-order valence-electron chi connectivity index (χ4n) is 3.04. The third-order valence-corrected chi connectivity index (χ3v) is 3.91. The second-order valence-electron chi connectivity index (χ2n) is 5.59. The van der Waals surface area contributed by atoms with Gasteiger partial charge < -0.3 is 10.6 Å². The summed E-state index contributed by atoms with van der Waals surface area (Å²) in [4.78, 5) is 10.9. The molecule has 21 heavy (non-hydrogen) atoms. The van der Waals surface area contributed by atoms with Crippen molar-refractivity contribution >= 4 is 28.5 Å². The van der Waals surface area contributed by atoms with E-state index in [9.17, 15) is 0 Å². The van der Waals surface area contributed by atoms with Gasteiger partial charge in [0.05, 0.1) is 11.6 Å². The molecule has 1 unspecified atom stereocenters. The number of para-hydroxylation sites is 1. The number of nitrogens with one attached hydrogen (secondary N) is 1. The third kappa shape index (κ3) is 1.91. The molecule has 106 valence electrons. The number of benzene rings is 1. The number of hydrogen-bond acceptors (Lipinski definition) is 5. The van der Waals surface area contributed by atoms with Crippen LogP contribution in [0.3, 0.4) is 0 Å². The number of nitrogens with zero attached hydrogens (tertiary/aromatic N) is 4. The van der Waals surface area contributed by atoms with E-state index < -0.39 is 0 Å². The summed E-state index contributed by atoms with van der Waals surface area (Å²) >= 11 is 0. The standard InChI is InChI=1S/C15H16N6/c1-9-6-10-4-2-3-5-12(10)21(8-9)14-11-7-17-20-13(11)18-15(16)19-14/h2-5,7,9H,6,8H2,1H3,(H3,16,17,18,19,20). The van der Waals surface area contributed by atoms with Crippen molar-refractivity contribution in [2.75, 3.05) is 17.2 Å². The lowest BCUT2D eigenvalue weighted by Crippen LogP contribution is -2.31. The Hall–Kier alpha value is -2.63. The van der Waals surface area contributed by atoms with E-state index in [4.69, 9.17) is 5.73 Å². The van der Waals surface area contributed by atoms with Crippen LogP contribution in [0.1, 0.15) is 12.5 Å². The van der Waals surface area contributed by atoms with Crippen LogP contribution in [0.4, 0.5) is 17.5 Å². The van der Waals surface area contributed by atoms with Crippen molar-refractivity contribution in [3.8, 4) is 0 Å². The van der Waals surface area contributed by atoms with Crippen LogP contribution in [-0.2, 0) is 6.42 Å². The molecule has 0 saturated carbocycles. The van der Waals surface area contributed by atoms with E-state index in [0.29, 0.717) is 11.6 Å². The van der Waals surface area contributed by atoms with Crippen LogP contribution in [0.25, 0.3) is 11.0 Å². The van der Waals surface area contributed by atoms with E-state index >= 15 is 0 Å². The molecule has 0 amide bonds. The molecule has 3 heterocycles. The van der Waals surface area contributed by atoms with Crippen LogP contribution < -0.4 is 10.6 Å². The van der Waals surface area contributed by atoms with E-state index in [2.05, 4.69) is 56.3 Å². The van der Waals surface area contributed by atoms with Crippen LogP contribution in [0.15, 0.2) is 30.5 Å². The van der Waals surface area contributed by atoms with Crippen LogP contribution in [0.2, 0.25) is 0 Å². The first-order chi connectivity index (χ1) is 10.2. The van der Waals surface area contributed by atoms with Crippen molar-refractivity contribution in [2.24, 2.45) is 5.92 Å². The van der Waals surface area contributed by atoms with E-state index in [1.807, 2.05) is 0 Å². The highest BCUT2D eigenvalue weighted by molar-refractivity contribution is 5.90. The summed E-state index contributed by atoms with van der Waals surface area (Å²) in [6, 6.07) is 8.44. The van der Waals surface area contributed by atoms with E-state index in [1.54, 1.807) is 6.20 Å². The normalized spacial score (nSPS) is 18.0. The molecule has 0 saturated heterocycles. The van der Waals surface area contributed by atoms with Gasteiger partial charge in [0.2, 0.25) is 5.95 Å². The van der Waals surface area contributed by atoms with Crippen LogP contribution >= 0.6 is 0 Å². The third-order valence-electron chi connectivity index (χ3n) is 3.91. The van der Waals surface area contributed by atoms with Gasteiger partial charge in [-0.2, -0.15) is 15.1 Å². The number of rotatable bonds is 1. The molecule has 0 spiro atoms. The van der Waals surface area contributed by atoms with Gasteiger partial charge in [-0.25, -0.2) is 0 Å². The first-order valence-electron chi connectivity index (χ1n) is 7.04. The second kappa shape index (κ2) is 4.44. The molecular weight excluding hydrogens is 264 g/mol. The maximum absolute atomic E-state index is 5.85. The molecule has 3 aromatic rings. The minimum atomic E-state index is 0.262. The first kappa shape index (κ1) is 12.1. The average molecular weight is 280 g/mol. The quantitative estimate of drug-likeness (QED) is 0.714. The van der Waals surface area contributed by atoms with Gasteiger partial charge in [0.15, 0.2) is 5.65 Å². The molecule has 6 heteroatoms. The van der Waals surface area contributed by atoms with Crippen molar-refractivity contribution in [2.45, 2.75) is 13.3 Å². The Balaban J connectivity index is 1.94. The number of H-pyrrole nitrogens is 1. The van der Waals surface area contributed by atoms with Gasteiger partial charge in [0.25, 0.3) is 0 Å². The van der Waals surface area contributed by atoms with Gasteiger partial charge in [-0.15, -0.1) is 0 Å². The highest BCUT2D eigenvalue weighted by Gasteiger charge is 2.25. The van der Waals surface area contributed by atoms with Crippen molar-refractivity contribution in [3.63, 3.8) is 0 Å². The zero-order chi connectivity index (χ0) is 14.4. The Morgan fingerprint density at radius 3 is 3.05 bits per heavy atom. The Kier molecular flexibility index (Phi) is 2.57. The number of aromatic nitrogens is 4. The highest BCUT2D eigenvalue weighted by Crippen LogP contribution is 2.37. The van der Waals surface area contributed by atoms with E-state index in [-0.39, 0.29) is 5.95 Å². The van der Waals surface area contributed by atoms with Crippen LogP contribution in [0, 0.1) is 5.92 Å². The summed E-state index contributed by atoms with van der Waals surface area (Å²) in [6.07, 6.45) is 2.84. The summed E-state index contributed by atoms with van der Waals surface area (Å²) < 4.78 is 0. The van der Waals surface area contributed by atoms with E-state index in [0.717, 1.165) is 24.2 Å². The SMILES string of the molecule is CC1Cc2ccccc2N(c2nc(N)nc3[nH]ncc23)C1. The Morgan fingerprint density at radius 2 is 2.14 bits per heavy atom. The maximum atomic E-state index is 5.85. The summed E-state index contributed by atoms with van der Waals surface area (Å²) in [5.41, 5.74) is 9.05. The topological polar surface area (TPSA) is 83.7 Å². The zero-order valence-electron chi connectivity index (χ0n) is 11.7. The monoisotopic (exact) mass is 280 g/mol. The largest absolute Gasteiger partial charge is 0.368 e. The number of anilines is 3. The lowest BCUT2D eigenvalue weighted by Gasteiger charge is -2.34. The van der Waals surface area contributed by atoms with E-state index in [1.165, 1.54) is 11.3 Å². The molecular formula is C15H16N6. The fourth-order valence-corrected chi connectivity index (χ4v) is 3.04. The van der Waals surface area contributed by atoms with Crippen LogP contribution in [0.5, 0.6) is 0 Å². The van der Waals surface area contributed by atoms with Crippen molar-refractivity contribution < 1.29 is 0 Å². The highest BCUT2D eigenvalue weighted by atomic mass is 15.2. The zero-order valence-corrected chi connectivity index (χ0v) is 11.7. The van der Waals surface area contributed by atoms with Gasteiger partial charge >= 0.3 is 0 Å². The fraction of sp³-hybridized carbons (Fsp3) is 0.267. The van der Waals surface area contributed by atoms with Gasteiger partial charge in [-0.1, -0.05) is 25.1 Å². The Bertz CT molecular complexity index is 809. The van der Waals surface area contributed by atoms with Gasteiger partial charge in [-0.3, -0.25) is 5.10 Å². The predicted octanol–water partition coefficient (Wildman–Crippen LogP) is 2.27. The lowest BCUT2D eigenvalue weighted by atomic mass is 9.94. The van der Waals surface area contributed by atoms with Crippen molar-refractivity contribution in [3.05, 3.63) is 36.0 Å². The van der Waals surface area contributed by atoms with Crippen molar-refractivity contribution in [1.29, 1.82) is 0 Å². The smallest absolute Gasteiger partial charge is 0.224 e. The maximum Gasteiger partial charge on any atom is 0.224 e. The number of aromatic amines is 1. The van der Waals surface area contributed by atoms with Gasteiger partial charge in [0.1, 0.15) is 5.82 Å². The number of hydrogen-bond donors (Lipinski definition) is 2. The van der Waals surface area contributed by atoms with Gasteiger partial charge in [-0.05, 0) is 24.0 Å². The molecule has 3 N–H and O–H groups in total. The average Bonchev–Trinajstić information content (AvgIpc) is 2.93. The molecule has 2 aromatic heterocycles. The molecule has 4 rings (SSSR count). The number of fused-ring (bicyclic) bond motifs is 2. The number of nitrogens with two attached hydrogens (primary N) is 1. The molecule has 0 fully saturated rings. The molecule has 0 aliphatic carbocycles. The molecule has 6 nitrogen and oxygen atoms in total. The first-order valence-corrected chi connectivity index (χ1v) is 7.04. The van der Waals surface area contributed by atoms with Crippen LogP contribution in [-0.4, -0.2) is 26.7 Å². The summed E-state index contributed by atoms with van der Waals surface area (Å²) in [5.74, 6) is 1.64. The Labute approximate surface area is 122 Å². The molecule has 1 aliphatic heterocycles. The molecule has 1 aliphatic rings. The second-order valence-corrected chi connectivity index (χ2v) is 5.59. The van der Waals surface area contributed by atoms with Gasteiger partial charge in [0, 0.05) is 12.2 Å². The molecule has 1 aromatic carbocycles. The Morgan fingerprint density at radius 1 is 1.29 bits per heavy atom. The minimum Gasteiger partial charge on any atom is -0.368 e. The molecule has 1 atom stereocenters.